The van der Waals surface area contributed by atoms with Gasteiger partial charge in [0.15, 0.2) is 0 Å². The molecule has 1 aliphatic heterocycles. The van der Waals surface area contributed by atoms with Crippen LogP contribution in [-0.2, 0) is 5.41 Å². The monoisotopic (exact) mass is 274 g/mol. The van der Waals surface area contributed by atoms with E-state index in [2.05, 4.69) is 43.5 Å². The maximum atomic E-state index is 12.2. The Morgan fingerprint density at radius 1 is 1.35 bits per heavy atom. The third kappa shape index (κ3) is 3.60. The zero-order valence-electron chi connectivity index (χ0n) is 12.8. The van der Waals surface area contributed by atoms with E-state index in [0.717, 1.165) is 37.9 Å². The van der Waals surface area contributed by atoms with Crippen LogP contribution in [0.2, 0.25) is 0 Å². The zero-order valence-corrected chi connectivity index (χ0v) is 12.8. The molecule has 1 fully saturated rings. The molecule has 0 aromatic heterocycles. The van der Waals surface area contributed by atoms with E-state index in [4.69, 9.17) is 0 Å². The van der Waals surface area contributed by atoms with Crippen molar-refractivity contribution < 1.29 is 4.79 Å². The summed E-state index contributed by atoms with van der Waals surface area (Å²) in [7, 11) is 0. The molecule has 0 bridgehead atoms. The van der Waals surface area contributed by atoms with E-state index in [0.29, 0.717) is 0 Å². The van der Waals surface area contributed by atoms with Gasteiger partial charge in [-0.3, -0.25) is 4.79 Å². The molecule has 110 valence electrons. The molecule has 1 amide bonds. The molecule has 2 rings (SSSR count). The van der Waals surface area contributed by atoms with E-state index in [9.17, 15) is 4.79 Å². The second-order valence-corrected chi connectivity index (χ2v) is 6.33. The second-order valence-electron chi connectivity index (χ2n) is 6.33. The maximum Gasteiger partial charge on any atom is 0.251 e. The van der Waals surface area contributed by atoms with E-state index < -0.39 is 0 Å². The Balaban J connectivity index is 2.00. The van der Waals surface area contributed by atoms with Crippen molar-refractivity contribution in [2.75, 3.05) is 13.1 Å². The highest BCUT2D eigenvalue weighted by Crippen LogP contribution is 2.26. The highest BCUT2D eigenvalue weighted by Gasteiger charge is 2.19. The first-order valence-electron chi connectivity index (χ1n) is 7.65. The third-order valence-corrected chi connectivity index (χ3v) is 4.44. The summed E-state index contributed by atoms with van der Waals surface area (Å²) in [5.41, 5.74) is 2.21. The molecule has 1 aromatic carbocycles. The van der Waals surface area contributed by atoms with Crippen molar-refractivity contribution in [1.29, 1.82) is 0 Å². The molecule has 3 heteroatoms. The van der Waals surface area contributed by atoms with Gasteiger partial charge in [0.05, 0.1) is 0 Å². The highest BCUT2D eigenvalue weighted by molar-refractivity contribution is 5.94. The van der Waals surface area contributed by atoms with Crippen LogP contribution in [0.4, 0.5) is 0 Å². The summed E-state index contributed by atoms with van der Waals surface area (Å²) in [4.78, 5) is 12.2. The van der Waals surface area contributed by atoms with Crippen LogP contribution < -0.4 is 10.6 Å². The topological polar surface area (TPSA) is 41.1 Å². The summed E-state index contributed by atoms with van der Waals surface area (Å²) in [5.74, 6) is 0.0413. The van der Waals surface area contributed by atoms with Gasteiger partial charge < -0.3 is 10.6 Å². The minimum absolute atomic E-state index is 0.0413. The highest BCUT2D eigenvalue weighted by atomic mass is 16.1. The van der Waals surface area contributed by atoms with Gasteiger partial charge in [-0.2, -0.15) is 0 Å². The molecule has 0 aliphatic carbocycles. The van der Waals surface area contributed by atoms with Gasteiger partial charge in [0.2, 0.25) is 0 Å². The van der Waals surface area contributed by atoms with Crippen LogP contribution in [-0.4, -0.2) is 25.0 Å². The fourth-order valence-corrected chi connectivity index (χ4v) is 2.52. The standard InChI is InChI=1S/C17H26N2O/c1-4-17(2,3)14-9-7-13(8-10-14)16(20)19-15-6-5-11-18-12-15/h7-10,15,18H,4-6,11-12H2,1-3H3,(H,19,20). The first-order valence-corrected chi connectivity index (χ1v) is 7.65. The number of carbonyl (C=O) groups excluding carboxylic acids is 1. The molecule has 1 aromatic rings. The van der Waals surface area contributed by atoms with Crippen molar-refractivity contribution in [2.24, 2.45) is 0 Å². The second kappa shape index (κ2) is 6.40. The smallest absolute Gasteiger partial charge is 0.251 e. The van der Waals surface area contributed by atoms with Crippen LogP contribution >= 0.6 is 0 Å². The lowest BCUT2D eigenvalue weighted by Crippen LogP contribution is -2.45. The molecule has 0 spiro atoms. The summed E-state index contributed by atoms with van der Waals surface area (Å²) < 4.78 is 0. The molecule has 3 nitrogen and oxygen atoms in total. The number of hydrogen-bond donors (Lipinski definition) is 2. The van der Waals surface area contributed by atoms with E-state index in [-0.39, 0.29) is 17.4 Å². The minimum atomic E-state index is 0.0413. The molecule has 1 heterocycles. The zero-order chi connectivity index (χ0) is 14.6. The van der Waals surface area contributed by atoms with Crippen LogP contribution in [0.15, 0.2) is 24.3 Å². The third-order valence-electron chi connectivity index (χ3n) is 4.44. The van der Waals surface area contributed by atoms with E-state index in [1.165, 1.54) is 5.56 Å². The van der Waals surface area contributed by atoms with Gasteiger partial charge in [-0.1, -0.05) is 32.9 Å². The maximum absolute atomic E-state index is 12.2. The molecule has 1 unspecified atom stereocenters. The van der Waals surface area contributed by atoms with Crippen molar-refractivity contribution in [2.45, 2.75) is 51.5 Å². The number of benzene rings is 1. The lowest BCUT2D eigenvalue weighted by atomic mass is 9.82. The Bertz CT molecular complexity index is 445. The van der Waals surface area contributed by atoms with Crippen LogP contribution in [0.25, 0.3) is 0 Å². The SMILES string of the molecule is CCC(C)(C)c1ccc(C(=O)NC2CCCNC2)cc1. The van der Waals surface area contributed by atoms with Gasteiger partial charge in [0, 0.05) is 18.2 Å². The summed E-state index contributed by atoms with van der Waals surface area (Å²) in [5, 5.41) is 6.42. The minimum Gasteiger partial charge on any atom is -0.348 e. The average molecular weight is 274 g/mol. The Morgan fingerprint density at radius 3 is 2.60 bits per heavy atom. The fourth-order valence-electron chi connectivity index (χ4n) is 2.52. The van der Waals surface area contributed by atoms with Gasteiger partial charge in [-0.05, 0) is 48.9 Å². The fraction of sp³-hybridized carbons (Fsp3) is 0.588. The van der Waals surface area contributed by atoms with Crippen LogP contribution in [0.1, 0.15) is 56.0 Å². The molecular formula is C17H26N2O. The normalized spacial score (nSPS) is 19.6. The number of hydrogen-bond acceptors (Lipinski definition) is 2. The molecule has 20 heavy (non-hydrogen) atoms. The van der Waals surface area contributed by atoms with Gasteiger partial charge in [-0.15, -0.1) is 0 Å². The summed E-state index contributed by atoms with van der Waals surface area (Å²) in [6.45, 7) is 8.60. The molecule has 1 atom stereocenters. The average Bonchev–Trinajstić information content (AvgIpc) is 2.48. The largest absolute Gasteiger partial charge is 0.348 e. The van der Waals surface area contributed by atoms with Crippen LogP contribution in [0.5, 0.6) is 0 Å². The van der Waals surface area contributed by atoms with Crippen molar-refractivity contribution in [1.82, 2.24) is 10.6 Å². The predicted molar refractivity (Wildman–Crippen MR) is 83.1 cm³/mol. The van der Waals surface area contributed by atoms with Crippen molar-refractivity contribution >= 4 is 5.91 Å². The molecule has 0 saturated carbocycles. The molecule has 2 N–H and O–H groups in total. The van der Waals surface area contributed by atoms with E-state index >= 15 is 0 Å². The van der Waals surface area contributed by atoms with Gasteiger partial charge in [0.1, 0.15) is 0 Å². The van der Waals surface area contributed by atoms with Gasteiger partial charge in [-0.25, -0.2) is 0 Å². The Hall–Kier alpha value is -1.35. The van der Waals surface area contributed by atoms with Crippen LogP contribution in [0.3, 0.4) is 0 Å². The first-order chi connectivity index (χ1) is 9.53. The van der Waals surface area contributed by atoms with Crippen molar-refractivity contribution in [3.63, 3.8) is 0 Å². The van der Waals surface area contributed by atoms with Crippen molar-refractivity contribution in [3.05, 3.63) is 35.4 Å². The summed E-state index contributed by atoms with van der Waals surface area (Å²) in [6.07, 6.45) is 3.29. The quantitative estimate of drug-likeness (QED) is 0.886. The van der Waals surface area contributed by atoms with E-state index in [1.807, 2.05) is 12.1 Å². The lowest BCUT2D eigenvalue weighted by molar-refractivity contribution is 0.0930. The molecular weight excluding hydrogens is 248 g/mol. The first kappa shape index (κ1) is 15.0. The predicted octanol–water partition coefficient (Wildman–Crippen LogP) is 2.86. The van der Waals surface area contributed by atoms with Crippen molar-refractivity contribution in [3.8, 4) is 0 Å². The van der Waals surface area contributed by atoms with E-state index in [1.54, 1.807) is 0 Å². The number of piperidine rings is 1. The Morgan fingerprint density at radius 2 is 2.05 bits per heavy atom. The van der Waals surface area contributed by atoms with Crippen LogP contribution in [0, 0.1) is 0 Å². The Labute approximate surface area is 122 Å². The summed E-state index contributed by atoms with van der Waals surface area (Å²) >= 11 is 0. The lowest BCUT2D eigenvalue weighted by Gasteiger charge is -2.25. The number of nitrogens with one attached hydrogen (secondary N) is 2. The molecule has 0 radical (unpaired) electrons. The number of rotatable bonds is 4. The van der Waals surface area contributed by atoms with Gasteiger partial charge >= 0.3 is 0 Å². The number of amides is 1. The molecule has 1 saturated heterocycles. The Kier molecular flexibility index (Phi) is 4.81. The van der Waals surface area contributed by atoms with Gasteiger partial charge in [0.25, 0.3) is 5.91 Å². The molecule has 1 aliphatic rings. The number of carbonyl (C=O) groups is 1. The summed E-state index contributed by atoms with van der Waals surface area (Å²) in [6, 6.07) is 8.31.